The van der Waals surface area contributed by atoms with Crippen molar-refractivity contribution in [3.05, 3.63) is 65.4 Å². The van der Waals surface area contributed by atoms with Gasteiger partial charge in [0.1, 0.15) is 12.9 Å². The number of halogens is 1. The number of anilines is 2. The van der Waals surface area contributed by atoms with Crippen LogP contribution in [-0.2, 0) is 4.84 Å². The van der Waals surface area contributed by atoms with Gasteiger partial charge in [-0.25, -0.2) is 4.98 Å². The molecule has 0 amide bonds. The summed E-state index contributed by atoms with van der Waals surface area (Å²) in [6, 6.07) is 16.1. The number of fused-ring (bicyclic) bond motifs is 2. The van der Waals surface area contributed by atoms with Gasteiger partial charge in [0.15, 0.2) is 0 Å². The Morgan fingerprint density at radius 2 is 1.91 bits per heavy atom. The number of para-hydroxylation sites is 1. The Hall–Kier alpha value is -3.09. The Morgan fingerprint density at radius 1 is 1.12 bits per heavy atom. The Morgan fingerprint density at radius 3 is 2.73 bits per heavy atom. The second-order valence-corrected chi connectivity index (χ2v) is 8.79. The van der Waals surface area contributed by atoms with Crippen molar-refractivity contribution in [2.75, 3.05) is 31.6 Å². The van der Waals surface area contributed by atoms with Crippen LogP contribution >= 0.6 is 11.6 Å². The zero-order valence-electron chi connectivity index (χ0n) is 18.7. The molecule has 2 aromatic heterocycles. The summed E-state index contributed by atoms with van der Waals surface area (Å²) in [4.78, 5) is 12.6. The molecule has 0 unspecified atom stereocenters. The summed E-state index contributed by atoms with van der Waals surface area (Å²) in [6.07, 6.45) is 5.45. The number of furan rings is 1. The molecule has 0 saturated carbocycles. The average Bonchev–Trinajstić information content (AvgIpc) is 3.23. The molecule has 1 aliphatic rings. The zero-order valence-corrected chi connectivity index (χ0v) is 19.4. The zero-order chi connectivity index (χ0) is 22.6. The van der Waals surface area contributed by atoms with E-state index < -0.39 is 0 Å². The standard InChI is InChI=1S/C26H27ClN4O2/c1-18(30-33-16-15-31-13-5-2-6-14-31)19-9-11-20(12-10-19)28-25-21-7-3-4-8-23(21)29-26-24(25)22(27)17-32-26/h3-4,7-12,17H,2,5-6,13-16H2,1H3,(H,28,29)/b30-18+. The number of hydrogen-bond acceptors (Lipinski definition) is 6. The predicted octanol–water partition coefficient (Wildman–Crippen LogP) is 6.60. The Bertz CT molecular complexity index is 1280. The van der Waals surface area contributed by atoms with Crippen molar-refractivity contribution < 1.29 is 9.25 Å². The van der Waals surface area contributed by atoms with Gasteiger partial charge < -0.3 is 14.6 Å². The number of piperidine rings is 1. The van der Waals surface area contributed by atoms with Gasteiger partial charge in [0.05, 0.1) is 27.3 Å². The van der Waals surface area contributed by atoms with E-state index in [1.165, 1.54) is 38.6 Å². The minimum Gasteiger partial charge on any atom is -0.444 e. The second kappa shape index (κ2) is 9.81. The topological polar surface area (TPSA) is 62.9 Å². The number of nitrogens with zero attached hydrogens (tertiary/aromatic N) is 3. The third kappa shape index (κ3) is 4.82. The molecule has 170 valence electrons. The summed E-state index contributed by atoms with van der Waals surface area (Å²) in [7, 11) is 0. The number of benzene rings is 2. The molecule has 1 fully saturated rings. The molecule has 7 heteroatoms. The van der Waals surface area contributed by atoms with Gasteiger partial charge in [0.2, 0.25) is 5.71 Å². The third-order valence-electron chi connectivity index (χ3n) is 6.09. The van der Waals surface area contributed by atoms with Crippen LogP contribution in [0.2, 0.25) is 5.02 Å². The van der Waals surface area contributed by atoms with Gasteiger partial charge in [-0.15, -0.1) is 0 Å². The smallest absolute Gasteiger partial charge is 0.230 e. The molecule has 2 aromatic carbocycles. The van der Waals surface area contributed by atoms with E-state index in [0.29, 0.717) is 17.3 Å². The van der Waals surface area contributed by atoms with Crippen LogP contribution in [0.3, 0.4) is 0 Å². The molecular weight excluding hydrogens is 436 g/mol. The SMILES string of the molecule is C/C(=N\OCCN1CCCCC1)c1ccc(Nc2c3ccccc3nc3occ(Cl)c23)cc1. The predicted molar refractivity (Wildman–Crippen MR) is 135 cm³/mol. The first-order chi connectivity index (χ1) is 16.2. The summed E-state index contributed by atoms with van der Waals surface area (Å²) in [5, 5.41) is 10.1. The molecule has 0 bridgehead atoms. The van der Waals surface area contributed by atoms with Crippen molar-refractivity contribution in [2.45, 2.75) is 26.2 Å². The summed E-state index contributed by atoms with van der Waals surface area (Å²) < 4.78 is 5.56. The molecule has 3 heterocycles. The van der Waals surface area contributed by atoms with Gasteiger partial charge in [-0.1, -0.05) is 53.5 Å². The van der Waals surface area contributed by atoms with Gasteiger partial charge >= 0.3 is 0 Å². The van der Waals surface area contributed by atoms with Gasteiger partial charge in [-0.3, -0.25) is 4.90 Å². The van der Waals surface area contributed by atoms with Crippen LogP contribution in [0.4, 0.5) is 11.4 Å². The number of hydrogen-bond donors (Lipinski definition) is 1. The van der Waals surface area contributed by atoms with Crippen LogP contribution in [0, 0.1) is 0 Å². The van der Waals surface area contributed by atoms with Crippen LogP contribution in [0.15, 0.2) is 64.4 Å². The maximum Gasteiger partial charge on any atom is 0.230 e. The van der Waals surface area contributed by atoms with Crippen molar-refractivity contribution in [3.63, 3.8) is 0 Å². The molecule has 0 radical (unpaired) electrons. The first-order valence-electron chi connectivity index (χ1n) is 11.4. The minimum absolute atomic E-state index is 0.516. The van der Waals surface area contributed by atoms with Gasteiger partial charge in [-0.05, 0) is 56.6 Å². The molecule has 6 nitrogen and oxygen atoms in total. The van der Waals surface area contributed by atoms with Crippen LogP contribution in [0.5, 0.6) is 0 Å². The van der Waals surface area contributed by atoms with Crippen molar-refractivity contribution >= 4 is 50.7 Å². The number of pyridine rings is 1. The van der Waals surface area contributed by atoms with Crippen LogP contribution in [-0.4, -0.2) is 41.8 Å². The van der Waals surface area contributed by atoms with Crippen molar-refractivity contribution in [1.29, 1.82) is 0 Å². The quantitative estimate of drug-likeness (QED) is 0.190. The highest BCUT2D eigenvalue weighted by Gasteiger charge is 2.15. The molecule has 1 aliphatic heterocycles. The summed E-state index contributed by atoms with van der Waals surface area (Å²) in [5.41, 5.74) is 5.06. The number of likely N-dealkylation sites (tertiary alicyclic amines) is 1. The summed E-state index contributed by atoms with van der Waals surface area (Å²) >= 11 is 6.41. The molecule has 1 saturated heterocycles. The maximum atomic E-state index is 6.41. The van der Waals surface area contributed by atoms with E-state index in [1.54, 1.807) is 0 Å². The first-order valence-corrected chi connectivity index (χ1v) is 11.8. The Labute approximate surface area is 198 Å². The van der Waals surface area contributed by atoms with Gasteiger partial charge in [0, 0.05) is 17.6 Å². The number of nitrogens with one attached hydrogen (secondary N) is 1. The molecule has 5 rings (SSSR count). The Balaban J connectivity index is 1.30. The third-order valence-corrected chi connectivity index (χ3v) is 6.37. The van der Waals surface area contributed by atoms with E-state index in [2.05, 4.69) is 20.4 Å². The van der Waals surface area contributed by atoms with Gasteiger partial charge in [0.25, 0.3) is 0 Å². The first kappa shape index (κ1) is 21.7. The lowest BCUT2D eigenvalue weighted by molar-refractivity contribution is 0.102. The fourth-order valence-corrected chi connectivity index (χ4v) is 4.50. The fourth-order valence-electron chi connectivity index (χ4n) is 4.28. The van der Waals surface area contributed by atoms with Crippen molar-refractivity contribution in [2.24, 2.45) is 5.16 Å². The normalized spacial score (nSPS) is 15.3. The lowest BCUT2D eigenvalue weighted by atomic mass is 10.1. The lowest BCUT2D eigenvalue weighted by Crippen LogP contribution is -2.32. The Kier molecular flexibility index (Phi) is 6.46. The van der Waals surface area contributed by atoms with Crippen LogP contribution < -0.4 is 5.32 Å². The minimum atomic E-state index is 0.516. The highest BCUT2D eigenvalue weighted by atomic mass is 35.5. The highest BCUT2D eigenvalue weighted by Crippen LogP contribution is 2.38. The summed E-state index contributed by atoms with van der Waals surface area (Å²) in [5.74, 6) is 0. The number of oxime groups is 1. The van der Waals surface area contributed by atoms with Gasteiger partial charge in [-0.2, -0.15) is 0 Å². The van der Waals surface area contributed by atoms with E-state index >= 15 is 0 Å². The molecule has 1 N–H and O–H groups in total. The average molecular weight is 463 g/mol. The number of aromatic nitrogens is 1. The number of rotatable bonds is 7. The molecular formula is C26H27ClN4O2. The van der Waals surface area contributed by atoms with E-state index in [-0.39, 0.29) is 0 Å². The van der Waals surface area contributed by atoms with Crippen molar-refractivity contribution in [1.82, 2.24) is 9.88 Å². The van der Waals surface area contributed by atoms with E-state index in [0.717, 1.165) is 45.5 Å². The van der Waals surface area contributed by atoms with Crippen LogP contribution in [0.25, 0.3) is 22.0 Å². The largest absolute Gasteiger partial charge is 0.444 e. The maximum absolute atomic E-state index is 6.41. The monoisotopic (exact) mass is 462 g/mol. The summed E-state index contributed by atoms with van der Waals surface area (Å²) in [6.45, 7) is 5.86. The van der Waals surface area contributed by atoms with Crippen molar-refractivity contribution in [3.8, 4) is 0 Å². The molecule has 0 atom stereocenters. The molecule has 0 spiro atoms. The molecule has 33 heavy (non-hydrogen) atoms. The van der Waals surface area contributed by atoms with Crippen LogP contribution in [0.1, 0.15) is 31.7 Å². The lowest BCUT2D eigenvalue weighted by Gasteiger charge is -2.25. The fraction of sp³-hybridized carbons (Fsp3) is 0.308. The molecule has 4 aromatic rings. The van der Waals surface area contributed by atoms with E-state index in [4.69, 9.17) is 20.9 Å². The second-order valence-electron chi connectivity index (χ2n) is 8.38. The molecule has 0 aliphatic carbocycles. The van der Waals surface area contributed by atoms with E-state index in [1.807, 2.05) is 55.5 Å². The highest BCUT2D eigenvalue weighted by molar-refractivity contribution is 6.37. The van der Waals surface area contributed by atoms with E-state index in [9.17, 15) is 0 Å².